The van der Waals surface area contributed by atoms with Crippen LogP contribution in [-0.4, -0.2) is 52.7 Å². The smallest absolute Gasteiger partial charge is 0.244 e. The fourth-order valence-corrected chi connectivity index (χ4v) is 2.96. The van der Waals surface area contributed by atoms with Crippen LogP contribution in [0.2, 0.25) is 0 Å². The van der Waals surface area contributed by atoms with Crippen molar-refractivity contribution in [2.45, 2.75) is 26.3 Å². The molecular formula is C17H24N4O. The van der Waals surface area contributed by atoms with E-state index in [1.54, 1.807) is 0 Å². The molecule has 1 fully saturated rings. The maximum atomic E-state index is 5.49. The van der Waals surface area contributed by atoms with Gasteiger partial charge in [0.15, 0.2) is 0 Å². The first kappa shape index (κ1) is 15.2. The Bertz CT molecular complexity index is 575. The minimum absolute atomic E-state index is 0.175. The van der Waals surface area contributed by atoms with Gasteiger partial charge in [-0.05, 0) is 19.9 Å². The Morgan fingerprint density at radius 1 is 1.14 bits per heavy atom. The highest BCUT2D eigenvalue weighted by molar-refractivity contribution is 5.53. The van der Waals surface area contributed by atoms with Crippen molar-refractivity contribution in [2.75, 3.05) is 32.7 Å². The highest BCUT2D eigenvalue weighted by Crippen LogP contribution is 2.23. The summed E-state index contributed by atoms with van der Waals surface area (Å²) >= 11 is 0. The van der Waals surface area contributed by atoms with E-state index in [0.717, 1.165) is 31.7 Å². The first-order valence-corrected chi connectivity index (χ1v) is 8.13. The number of hydrogen-bond acceptors (Lipinski definition) is 5. The highest BCUT2D eigenvalue weighted by atomic mass is 16.5. The number of benzene rings is 1. The molecule has 2 aromatic rings. The average Bonchev–Trinajstić information content (AvgIpc) is 3.06. The molecule has 1 aliphatic rings. The van der Waals surface area contributed by atoms with E-state index in [9.17, 15) is 0 Å². The molecule has 1 aromatic carbocycles. The summed E-state index contributed by atoms with van der Waals surface area (Å²) in [5.74, 6) is 1.38. The van der Waals surface area contributed by atoms with E-state index < -0.39 is 0 Å². The molecule has 0 aliphatic carbocycles. The highest BCUT2D eigenvalue weighted by Gasteiger charge is 2.25. The molecule has 1 aliphatic heterocycles. The van der Waals surface area contributed by atoms with Gasteiger partial charge in [0.1, 0.15) is 0 Å². The quantitative estimate of drug-likeness (QED) is 0.849. The van der Waals surface area contributed by atoms with Crippen LogP contribution in [-0.2, 0) is 0 Å². The topological polar surface area (TPSA) is 45.4 Å². The largest absolute Gasteiger partial charge is 0.337 e. The van der Waals surface area contributed by atoms with Gasteiger partial charge in [-0.2, -0.15) is 4.98 Å². The van der Waals surface area contributed by atoms with Crippen molar-refractivity contribution in [3.05, 3.63) is 36.2 Å². The fourth-order valence-electron chi connectivity index (χ4n) is 2.96. The van der Waals surface area contributed by atoms with Gasteiger partial charge in [-0.3, -0.25) is 4.90 Å². The van der Waals surface area contributed by atoms with Crippen LogP contribution in [0.15, 0.2) is 34.9 Å². The van der Waals surface area contributed by atoms with Crippen LogP contribution in [0, 0.1) is 0 Å². The van der Waals surface area contributed by atoms with Gasteiger partial charge in [0.05, 0.1) is 6.04 Å². The molecule has 0 N–H and O–H groups in total. The number of rotatable bonds is 5. The number of aromatic nitrogens is 2. The average molecular weight is 300 g/mol. The lowest BCUT2D eigenvalue weighted by Crippen LogP contribution is -2.47. The van der Waals surface area contributed by atoms with Crippen LogP contribution < -0.4 is 0 Å². The van der Waals surface area contributed by atoms with Crippen molar-refractivity contribution >= 4 is 0 Å². The Labute approximate surface area is 131 Å². The van der Waals surface area contributed by atoms with Gasteiger partial charge in [0.2, 0.25) is 11.7 Å². The Kier molecular flexibility index (Phi) is 4.85. The molecule has 0 amide bonds. The van der Waals surface area contributed by atoms with Crippen LogP contribution in [0.1, 0.15) is 32.2 Å². The Morgan fingerprint density at radius 2 is 1.86 bits per heavy atom. The summed E-state index contributed by atoms with van der Waals surface area (Å²) in [7, 11) is 0. The second-order valence-electron chi connectivity index (χ2n) is 5.88. The van der Waals surface area contributed by atoms with Crippen LogP contribution >= 0.6 is 0 Å². The molecule has 0 radical (unpaired) electrons. The minimum atomic E-state index is 0.175. The number of nitrogens with zero attached hydrogens (tertiary/aromatic N) is 4. The molecule has 22 heavy (non-hydrogen) atoms. The molecule has 1 aromatic heterocycles. The van der Waals surface area contributed by atoms with Crippen molar-refractivity contribution in [2.24, 2.45) is 0 Å². The lowest BCUT2D eigenvalue weighted by Gasteiger charge is -2.36. The third-order valence-corrected chi connectivity index (χ3v) is 4.33. The summed E-state index contributed by atoms with van der Waals surface area (Å²) in [6.45, 7) is 9.95. The number of hydrogen-bond donors (Lipinski definition) is 0. The van der Waals surface area contributed by atoms with Gasteiger partial charge in [0.25, 0.3) is 0 Å². The van der Waals surface area contributed by atoms with E-state index in [4.69, 9.17) is 4.52 Å². The molecule has 2 heterocycles. The maximum absolute atomic E-state index is 5.49. The molecule has 0 spiro atoms. The monoisotopic (exact) mass is 300 g/mol. The lowest BCUT2D eigenvalue weighted by molar-refractivity contribution is 0.0885. The lowest BCUT2D eigenvalue weighted by atomic mass is 10.2. The van der Waals surface area contributed by atoms with Gasteiger partial charge in [0, 0.05) is 31.7 Å². The summed E-state index contributed by atoms with van der Waals surface area (Å²) in [5.41, 5.74) is 0.998. The van der Waals surface area contributed by atoms with E-state index >= 15 is 0 Å². The van der Waals surface area contributed by atoms with E-state index in [0.29, 0.717) is 11.7 Å². The van der Waals surface area contributed by atoms with Gasteiger partial charge in [-0.1, -0.05) is 42.4 Å². The minimum Gasteiger partial charge on any atom is -0.337 e. The molecule has 5 nitrogen and oxygen atoms in total. The predicted molar refractivity (Wildman–Crippen MR) is 86.5 cm³/mol. The molecule has 5 heteroatoms. The van der Waals surface area contributed by atoms with E-state index in [-0.39, 0.29) is 6.04 Å². The van der Waals surface area contributed by atoms with Gasteiger partial charge < -0.3 is 9.42 Å². The first-order chi connectivity index (χ1) is 10.8. The maximum Gasteiger partial charge on any atom is 0.244 e. The van der Waals surface area contributed by atoms with Gasteiger partial charge >= 0.3 is 0 Å². The number of piperazine rings is 1. The fraction of sp³-hybridized carbons (Fsp3) is 0.529. The standard InChI is InChI=1S/C17H24N4O/c1-3-9-20-10-12-21(13-11-20)14(2)17-18-16(19-22-17)15-7-5-4-6-8-15/h4-8,14H,3,9-13H2,1-2H3/t14-/m1/s1. The van der Waals surface area contributed by atoms with E-state index in [1.165, 1.54) is 13.0 Å². The van der Waals surface area contributed by atoms with Crippen molar-refractivity contribution < 1.29 is 4.52 Å². The first-order valence-electron chi connectivity index (χ1n) is 8.13. The molecule has 0 bridgehead atoms. The molecule has 118 valence electrons. The summed E-state index contributed by atoms with van der Waals surface area (Å²) < 4.78 is 5.49. The van der Waals surface area contributed by atoms with Crippen LogP contribution in [0.25, 0.3) is 11.4 Å². The van der Waals surface area contributed by atoms with Crippen molar-refractivity contribution in [1.82, 2.24) is 19.9 Å². The molecule has 1 saturated heterocycles. The van der Waals surface area contributed by atoms with E-state index in [1.807, 2.05) is 30.3 Å². The SMILES string of the molecule is CCCN1CCN([C@H](C)c2nc(-c3ccccc3)no2)CC1. The Morgan fingerprint density at radius 3 is 2.55 bits per heavy atom. The second-order valence-corrected chi connectivity index (χ2v) is 5.88. The van der Waals surface area contributed by atoms with Gasteiger partial charge in [-0.15, -0.1) is 0 Å². The van der Waals surface area contributed by atoms with E-state index in [2.05, 4.69) is 33.8 Å². The van der Waals surface area contributed by atoms with Gasteiger partial charge in [-0.25, -0.2) is 0 Å². The zero-order valence-corrected chi connectivity index (χ0v) is 13.4. The van der Waals surface area contributed by atoms with Crippen LogP contribution in [0.5, 0.6) is 0 Å². The molecule has 1 atom stereocenters. The summed E-state index contributed by atoms with van der Waals surface area (Å²) in [4.78, 5) is 9.52. The Balaban J connectivity index is 1.64. The Hall–Kier alpha value is -1.72. The molecule has 0 saturated carbocycles. The third kappa shape index (κ3) is 3.36. The van der Waals surface area contributed by atoms with Crippen molar-refractivity contribution in [3.63, 3.8) is 0 Å². The second kappa shape index (κ2) is 7.03. The van der Waals surface area contributed by atoms with Crippen molar-refractivity contribution in [1.29, 1.82) is 0 Å². The molecule has 3 rings (SSSR count). The zero-order chi connectivity index (χ0) is 15.4. The molecular weight excluding hydrogens is 276 g/mol. The van der Waals surface area contributed by atoms with Crippen molar-refractivity contribution in [3.8, 4) is 11.4 Å². The zero-order valence-electron chi connectivity index (χ0n) is 13.4. The van der Waals surface area contributed by atoms with Crippen LogP contribution in [0.3, 0.4) is 0 Å². The normalized spacial score (nSPS) is 18.5. The third-order valence-electron chi connectivity index (χ3n) is 4.33. The summed E-state index contributed by atoms with van der Waals surface area (Å²) in [6.07, 6.45) is 1.22. The molecule has 0 unspecified atom stereocenters. The van der Waals surface area contributed by atoms with Crippen LogP contribution in [0.4, 0.5) is 0 Å². The summed E-state index contributed by atoms with van der Waals surface area (Å²) in [5, 5.41) is 4.12. The predicted octanol–water partition coefficient (Wildman–Crippen LogP) is 2.83. The summed E-state index contributed by atoms with van der Waals surface area (Å²) in [6, 6.07) is 10.1.